The molecule has 0 saturated carbocycles. The van der Waals surface area contributed by atoms with E-state index in [0.29, 0.717) is 0 Å². The predicted molar refractivity (Wildman–Crippen MR) is 69.0 cm³/mol. The summed E-state index contributed by atoms with van der Waals surface area (Å²) in [4.78, 5) is 1.33. The zero-order valence-electron chi connectivity index (χ0n) is 8.75. The Morgan fingerprint density at radius 2 is 2.00 bits per heavy atom. The van der Waals surface area contributed by atoms with Gasteiger partial charge in [0.05, 0.1) is 6.54 Å². The molecule has 0 aromatic carbocycles. The van der Waals surface area contributed by atoms with Gasteiger partial charge in [-0.15, -0.1) is 11.3 Å². The van der Waals surface area contributed by atoms with Gasteiger partial charge in [-0.05, 0) is 48.0 Å². The summed E-state index contributed by atoms with van der Waals surface area (Å²) in [5.74, 6) is 0. The van der Waals surface area contributed by atoms with Crippen molar-refractivity contribution >= 4 is 27.3 Å². The van der Waals surface area contributed by atoms with E-state index in [2.05, 4.69) is 63.5 Å². The van der Waals surface area contributed by atoms with Gasteiger partial charge in [0, 0.05) is 26.1 Å². The predicted octanol–water partition coefficient (Wildman–Crippen LogP) is 3.67. The van der Waals surface area contributed by atoms with Gasteiger partial charge in [0.25, 0.3) is 0 Å². The number of nitrogens with zero attached hydrogens (tertiary/aromatic N) is 1. The number of rotatable bonds is 3. The van der Waals surface area contributed by atoms with E-state index in [-0.39, 0.29) is 0 Å². The van der Waals surface area contributed by atoms with Crippen LogP contribution in [0.4, 0.5) is 0 Å². The number of hydrogen-bond donors (Lipinski definition) is 1. The monoisotopic (exact) mass is 284 g/mol. The third kappa shape index (κ3) is 2.44. The molecule has 2 aromatic heterocycles. The summed E-state index contributed by atoms with van der Waals surface area (Å²) in [6.45, 7) is 5.07. The Kier molecular flexibility index (Phi) is 3.17. The first-order valence-electron chi connectivity index (χ1n) is 4.78. The van der Waals surface area contributed by atoms with Crippen molar-refractivity contribution in [2.45, 2.75) is 20.4 Å². The molecule has 0 unspecified atom stereocenters. The second-order valence-corrected chi connectivity index (χ2v) is 5.43. The standard InChI is InChI=1S/C11H13BrN2S/c1-8-3-4-9(2)14(8)13-6-11-5-10(12)7-15-11/h3-5,7,13H,6H2,1-2H3. The number of aromatic nitrogens is 1. The highest BCUT2D eigenvalue weighted by Gasteiger charge is 2.01. The number of hydrogen-bond acceptors (Lipinski definition) is 2. The zero-order chi connectivity index (χ0) is 10.8. The highest BCUT2D eigenvalue weighted by molar-refractivity contribution is 9.10. The summed E-state index contributed by atoms with van der Waals surface area (Å²) in [6.07, 6.45) is 0. The Hall–Kier alpha value is -0.740. The lowest BCUT2D eigenvalue weighted by Gasteiger charge is -2.11. The molecule has 2 rings (SSSR count). The quantitative estimate of drug-likeness (QED) is 0.910. The minimum absolute atomic E-state index is 0.868. The van der Waals surface area contributed by atoms with Gasteiger partial charge in [-0.3, -0.25) is 4.68 Å². The average Bonchev–Trinajstić information content (AvgIpc) is 2.73. The van der Waals surface area contributed by atoms with Crippen LogP contribution in [0.3, 0.4) is 0 Å². The van der Waals surface area contributed by atoms with Gasteiger partial charge in [-0.25, -0.2) is 0 Å². The molecule has 0 radical (unpaired) electrons. The number of thiophene rings is 1. The van der Waals surface area contributed by atoms with E-state index in [9.17, 15) is 0 Å². The largest absolute Gasteiger partial charge is 0.321 e. The SMILES string of the molecule is Cc1ccc(C)n1NCc1cc(Br)cs1. The molecule has 0 amide bonds. The van der Waals surface area contributed by atoms with Crippen molar-refractivity contribution in [2.75, 3.05) is 5.43 Å². The van der Waals surface area contributed by atoms with Crippen LogP contribution in [0.25, 0.3) is 0 Å². The maximum atomic E-state index is 3.46. The number of nitrogens with one attached hydrogen (secondary N) is 1. The fraction of sp³-hybridized carbons (Fsp3) is 0.273. The molecule has 2 heterocycles. The second kappa shape index (κ2) is 4.41. The van der Waals surface area contributed by atoms with Gasteiger partial charge < -0.3 is 5.43 Å². The normalized spacial score (nSPS) is 10.6. The summed E-state index contributed by atoms with van der Waals surface area (Å²) in [7, 11) is 0. The van der Waals surface area contributed by atoms with Gasteiger partial charge in [0.2, 0.25) is 0 Å². The molecule has 1 N–H and O–H groups in total. The minimum atomic E-state index is 0.868. The Bertz CT molecular complexity index is 439. The van der Waals surface area contributed by atoms with Crippen LogP contribution < -0.4 is 5.43 Å². The molecule has 80 valence electrons. The van der Waals surface area contributed by atoms with Crippen LogP contribution in [0, 0.1) is 13.8 Å². The van der Waals surface area contributed by atoms with Crippen molar-refractivity contribution in [3.8, 4) is 0 Å². The lowest BCUT2D eigenvalue weighted by molar-refractivity contribution is 0.797. The van der Waals surface area contributed by atoms with Crippen LogP contribution in [-0.4, -0.2) is 4.68 Å². The molecule has 0 fully saturated rings. The van der Waals surface area contributed by atoms with E-state index >= 15 is 0 Å². The van der Waals surface area contributed by atoms with Crippen molar-refractivity contribution < 1.29 is 0 Å². The molecular weight excluding hydrogens is 272 g/mol. The Balaban J connectivity index is 2.05. The van der Waals surface area contributed by atoms with Gasteiger partial charge >= 0.3 is 0 Å². The van der Waals surface area contributed by atoms with Crippen LogP contribution in [0.1, 0.15) is 16.3 Å². The third-order valence-corrected chi connectivity index (χ3v) is 4.00. The molecule has 0 spiro atoms. The topological polar surface area (TPSA) is 17.0 Å². The van der Waals surface area contributed by atoms with Gasteiger partial charge in [-0.1, -0.05) is 0 Å². The van der Waals surface area contributed by atoms with E-state index in [1.54, 1.807) is 11.3 Å². The lowest BCUT2D eigenvalue weighted by Crippen LogP contribution is -2.16. The third-order valence-electron chi connectivity index (χ3n) is 2.30. The molecule has 0 aliphatic carbocycles. The zero-order valence-corrected chi connectivity index (χ0v) is 11.2. The lowest BCUT2D eigenvalue weighted by atomic mass is 10.5. The van der Waals surface area contributed by atoms with Crippen LogP contribution in [0.15, 0.2) is 28.1 Å². The van der Waals surface area contributed by atoms with Gasteiger partial charge in [0.15, 0.2) is 0 Å². The highest BCUT2D eigenvalue weighted by atomic mass is 79.9. The Morgan fingerprint density at radius 1 is 1.33 bits per heavy atom. The molecule has 15 heavy (non-hydrogen) atoms. The summed E-state index contributed by atoms with van der Waals surface area (Å²) < 4.78 is 3.28. The maximum Gasteiger partial charge on any atom is 0.0657 e. The Labute approximate surface area is 102 Å². The van der Waals surface area contributed by atoms with Crippen LogP contribution >= 0.6 is 27.3 Å². The van der Waals surface area contributed by atoms with E-state index in [1.807, 2.05) is 0 Å². The summed E-state index contributed by atoms with van der Waals surface area (Å²) >= 11 is 5.22. The van der Waals surface area contributed by atoms with Crippen molar-refractivity contribution in [3.63, 3.8) is 0 Å². The molecule has 0 atom stereocenters. The van der Waals surface area contributed by atoms with Crippen LogP contribution in [0.5, 0.6) is 0 Å². The first-order valence-corrected chi connectivity index (χ1v) is 6.46. The van der Waals surface area contributed by atoms with Crippen molar-refractivity contribution in [2.24, 2.45) is 0 Å². The van der Waals surface area contributed by atoms with Crippen molar-refractivity contribution in [1.82, 2.24) is 4.68 Å². The summed E-state index contributed by atoms with van der Waals surface area (Å²) in [5.41, 5.74) is 5.88. The molecule has 2 aromatic rings. The van der Waals surface area contributed by atoms with Crippen LogP contribution in [-0.2, 0) is 6.54 Å². The molecule has 0 bridgehead atoms. The van der Waals surface area contributed by atoms with Crippen LogP contribution in [0.2, 0.25) is 0 Å². The van der Waals surface area contributed by atoms with Crippen molar-refractivity contribution in [1.29, 1.82) is 0 Å². The molecule has 0 aliphatic rings. The smallest absolute Gasteiger partial charge is 0.0657 e. The Morgan fingerprint density at radius 3 is 2.53 bits per heavy atom. The molecule has 0 saturated heterocycles. The van der Waals surface area contributed by atoms with E-state index in [1.165, 1.54) is 16.3 Å². The number of aryl methyl sites for hydroxylation is 2. The first kappa shape index (κ1) is 10.8. The fourth-order valence-electron chi connectivity index (χ4n) is 1.52. The highest BCUT2D eigenvalue weighted by Crippen LogP contribution is 2.19. The first-order chi connectivity index (χ1) is 7.16. The molecule has 4 heteroatoms. The average molecular weight is 285 g/mol. The maximum absolute atomic E-state index is 3.46. The summed E-state index contributed by atoms with van der Waals surface area (Å²) in [6, 6.07) is 6.38. The van der Waals surface area contributed by atoms with E-state index in [0.717, 1.165) is 11.0 Å². The van der Waals surface area contributed by atoms with E-state index in [4.69, 9.17) is 0 Å². The minimum Gasteiger partial charge on any atom is -0.321 e. The summed E-state index contributed by atoms with van der Waals surface area (Å²) in [5, 5.41) is 2.10. The van der Waals surface area contributed by atoms with Gasteiger partial charge in [-0.2, -0.15) is 0 Å². The second-order valence-electron chi connectivity index (χ2n) is 3.52. The van der Waals surface area contributed by atoms with Gasteiger partial charge in [0.1, 0.15) is 0 Å². The molecule has 2 nitrogen and oxygen atoms in total. The number of halogens is 1. The fourth-order valence-corrected chi connectivity index (χ4v) is 2.90. The molecular formula is C11H13BrN2S. The van der Waals surface area contributed by atoms with Crippen molar-refractivity contribution in [3.05, 3.63) is 44.3 Å². The molecule has 0 aliphatic heterocycles. The van der Waals surface area contributed by atoms with E-state index < -0.39 is 0 Å².